The Hall–Kier alpha value is -3.58. The molecule has 1 aliphatic heterocycles. The minimum absolute atomic E-state index is 0.00229. The second kappa shape index (κ2) is 9.73. The maximum atomic E-state index is 14.1. The Morgan fingerprint density at radius 3 is 2.71 bits per heavy atom. The van der Waals surface area contributed by atoms with E-state index in [1.165, 1.54) is 20.0 Å². The standard InChI is InChI=1S/C20H21F5N6O3/c1-11-8-28-18(29-15-7-14(4-6-26-15)34-20(23,24)25)30-16(11)17(33)31-10-19(21,22)5-3-13(31)9-27-12(2)32/h4,6-8,13H,3,5,9-10H2,1-2H3,(H,27,32)(H,26,28,29,30). The molecule has 14 heteroatoms. The van der Waals surface area contributed by atoms with Crippen LogP contribution in [0, 0.1) is 6.92 Å². The summed E-state index contributed by atoms with van der Waals surface area (Å²) >= 11 is 0. The van der Waals surface area contributed by atoms with Crippen molar-refractivity contribution in [1.29, 1.82) is 0 Å². The second-order valence-electron chi connectivity index (χ2n) is 7.69. The Bertz CT molecular complexity index is 1070. The summed E-state index contributed by atoms with van der Waals surface area (Å²) in [5.41, 5.74) is 0.121. The molecule has 2 aromatic rings. The van der Waals surface area contributed by atoms with Crippen LogP contribution in [-0.4, -0.2) is 63.1 Å². The van der Waals surface area contributed by atoms with Crippen molar-refractivity contribution in [1.82, 2.24) is 25.2 Å². The predicted molar refractivity (Wildman–Crippen MR) is 109 cm³/mol. The summed E-state index contributed by atoms with van der Waals surface area (Å²) in [6, 6.07) is 1.28. The number of likely N-dealkylation sites (tertiary alicyclic amines) is 1. The number of carbonyl (C=O) groups excluding carboxylic acids is 2. The number of ether oxygens (including phenoxy) is 1. The zero-order valence-corrected chi connectivity index (χ0v) is 18.1. The van der Waals surface area contributed by atoms with Crippen LogP contribution < -0.4 is 15.4 Å². The second-order valence-corrected chi connectivity index (χ2v) is 7.69. The quantitative estimate of drug-likeness (QED) is 0.601. The molecule has 34 heavy (non-hydrogen) atoms. The molecule has 0 bridgehead atoms. The van der Waals surface area contributed by atoms with E-state index in [4.69, 9.17) is 0 Å². The van der Waals surface area contributed by atoms with Crippen LogP contribution in [-0.2, 0) is 4.79 Å². The molecule has 2 aromatic heterocycles. The van der Waals surface area contributed by atoms with Crippen molar-refractivity contribution in [2.24, 2.45) is 0 Å². The van der Waals surface area contributed by atoms with Crippen LogP contribution in [0.1, 0.15) is 35.8 Å². The van der Waals surface area contributed by atoms with Crippen LogP contribution in [0.5, 0.6) is 5.75 Å². The number of alkyl halides is 5. The third kappa shape index (κ3) is 6.71. The van der Waals surface area contributed by atoms with Crippen molar-refractivity contribution >= 4 is 23.6 Å². The lowest BCUT2D eigenvalue weighted by Gasteiger charge is -2.39. The summed E-state index contributed by atoms with van der Waals surface area (Å²) in [6.45, 7) is 1.94. The maximum absolute atomic E-state index is 14.1. The molecule has 9 nitrogen and oxygen atoms in total. The first-order chi connectivity index (χ1) is 15.8. The molecule has 3 heterocycles. The number of hydrogen-bond acceptors (Lipinski definition) is 7. The van der Waals surface area contributed by atoms with Gasteiger partial charge in [0.1, 0.15) is 17.3 Å². The molecular weight excluding hydrogens is 467 g/mol. The van der Waals surface area contributed by atoms with E-state index in [-0.39, 0.29) is 36.3 Å². The smallest absolute Gasteiger partial charge is 0.406 e. The largest absolute Gasteiger partial charge is 0.573 e. The Morgan fingerprint density at radius 2 is 2.03 bits per heavy atom. The normalized spacial score (nSPS) is 17.7. The van der Waals surface area contributed by atoms with Crippen molar-refractivity contribution < 1.29 is 36.3 Å². The lowest BCUT2D eigenvalue weighted by Crippen LogP contribution is -2.55. The van der Waals surface area contributed by atoms with Crippen molar-refractivity contribution in [3.63, 3.8) is 0 Å². The summed E-state index contributed by atoms with van der Waals surface area (Å²) in [4.78, 5) is 37.3. The van der Waals surface area contributed by atoms with Crippen molar-refractivity contribution in [3.8, 4) is 5.75 Å². The van der Waals surface area contributed by atoms with Gasteiger partial charge < -0.3 is 20.3 Å². The molecule has 1 atom stereocenters. The summed E-state index contributed by atoms with van der Waals surface area (Å²) in [5.74, 6) is -5.08. The molecule has 2 N–H and O–H groups in total. The number of rotatable bonds is 6. The highest BCUT2D eigenvalue weighted by molar-refractivity contribution is 5.94. The minimum atomic E-state index is -4.90. The van der Waals surface area contributed by atoms with Gasteiger partial charge in [0.25, 0.3) is 11.8 Å². The molecule has 1 saturated heterocycles. The first-order valence-electron chi connectivity index (χ1n) is 10.1. The molecule has 1 aliphatic rings. The molecule has 0 saturated carbocycles. The van der Waals surface area contributed by atoms with Crippen LogP contribution in [0.15, 0.2) is 24.5 Å². The Balaban J connectivity index is 1.83. The number of nitrogens with one attached hydrogen (secondary N) is 2. The molecule has 184 valence electrons. The maximum Gasteiger partial charge on any atom is 0.573 e. The van der Waals surface area contributed by atoms with E-state index < -0.39 is 42.9 Å². The van der Waals surface area contributed by atoms with E-state index in [9.17, 15) is 31.5 Å². The highest BCUT2D eigenvalue weighted by atomic mass is 19.4. The first-order valence-corrected chi connectivity index (χ1v) is 10.1. The third-order valence-electron chi connectivity index (χ3n) is 4.91. The fraction of sp³-hybridized carbons (Fsp3) is 0.450. The van der Waals surface area contributed by atoms with E-state index in [2.05, 4.69) is 30.3 Å². The number of aryl methyl sites for hydroxylation is 1. The number of amides is 2. The van der Waals surface area contributed by atoms with Crippen LogP contribution >= 0.6 is 0 Å². The monoisotopic (exact) mass is 488 g/mol. The van der Waals surface area contributed by atoms with Gasteiger partial charge in [0.05, 0.1) is 6.54 Å². The summed E-state index contributed by atoms with van der Waals surface area (Å²) < 4.78 is 69.4. The molecule has 2 amide bonds. The van der Waals surface area contributed by atoms with E-state index in [0.717, 1.165) is 23.2 Å². The number of hydrogen-bond donors (Lipinski definition) is 2. The minimum Gasteiger partial charge on any atom is -0.406 e. The SMILES string of the molecule is CC(=O)NCC1CCC(F)(F)CN1C(=O)c1nc(Nc2cc(OC(F)(F)F)ccn2)ncc1C. The fourth-order valence-electron chi connectivity index (χ4n) is 3.35. The molecule has 0 radical (unpaired) electrons. The van der Waals surface area contributed by atoms with Gasteiger partial charge in [0.2, 0.25) is 11.9 Å². The van der Waals surface area contributed by atoms with E-state index in [0.29, 0.717) is 5.56 Å². The van der Waals surface area contributed by atoms with Crippen LogP contribution in [0.3, 0.4) is 0 Å². The van der Waals surface area contributed by atoms with Gasteiger partial charge in [0, 0.05) is 44.4 Å². The predicted octanol–water partition coefficient (Wildman–Crippen LogP) is 3.20. The number of carbonyl (C=O) groups is 2. The van der Waals surface area contributed by atoms with Gasteiger partial charge in [-0.25, -0.2) is 23.7 Å². The van der Waals surface area contributed by atoms with Crippen molar-refractivity contribution in [3.05, 3.63) is 35.8 Å². The van der Waals surface area contributed by atoms with Crippen LogP contribution in [0.25, 0.3) is 0 Å². The average molecular weight is 488 g/mol. The van der Waals surface area contributed by atoms with Gasteiger partial charge in [-0.15, -0.1) is 13.2 Å². The van der Waals surface area contributed by atoms with Gasteiger partial charge in [0.15, 0.2) is 0 Å². The summed E-state index contributed by atoms with van der Waals surface area (Å²) in [7, 11) is 0. The third-order valence-corrected chi connectivity index (χ3v) is 4.91. The molecule has 3 rings (SSSR count). The number of pyridine rings is 1. The summed E-state index contributed by atoms with van der Waals surface area (Å²) in [6.07, 6.45) is -3.03. The average Bonchev–Trinajstić information content (AvgIpc) is 2.72. The number of nitrogens with zero attached hydrogens (tertiary/aromatic N) is 4. The van der Waals surface area contributed by atoms with Gasteiger partial charge in [-0.1, -0.05) is 0 Å². The number of anilines is 2. The molecular formula is C20H21F5N6O3. The highest BCUT2D eigenvalue weighted by Crippen LogP contribution is 2.31. The fourth-order valence-corrected chi connectivity index (χ4v) is 3.35. The van der Waals surface area contributed by atoms with Crippen molar-refractivity contribution in [2.45, 2.75) is 45.0 Å². The van der Waals surface area contributed by atoms with Gasteiger partial charge in [-0.05, 0) is 25.0 Å². The number of aromatic nitrogens is 3. The lowest BCUT2D eigenvalue weighted by molar-refractivity contribution is -0.274. The van der Waals surface area contributed by atoms with E-state index >= 15 is 0 Å². The van der Waals surface area contributed by atoms with Crippen LogP contribution in [0.2, 0.25) is 0 Å². The lowest BCUT2D eigenvalue weighted by atomic mass is 9.98. The zero-order chi connectivity index (χ0) is 25.1. The summed E-state index contributed by atoms with van der Waals surface area (Å²) in [5, 5.41) is 5.10. The Kier molecular flexibility index (Phi) is 7.17. The number of piperidine rings is 1. The first kappa shape index (κ1) is 25.1. The number of halogens is 5. The molecule has 1 unspecified atom stereocenters. The van der Waals surface area contributed by atoms with Gasteiger partial charge >= 0.3 is 6.36 Å². The van der Waals surface area contributed by atoms with Gasteiger partial charge in [-0.2, -0.15) is 0 Å². The highest BCUT2D eigenvalue weighted by Gasteiger charge is 2.43. The Morgan fingerprint density at radius 1 is 1.29 bits per heavy atom. The Labute approximate surface area is 190 Å². The van der Waals surface area contributed by atoms with E-state index in [1.54, 1.807) is 0 Å². The van der Waals surface area contributed by atoms with Crippen LogP contribution in [0.4, 0.5) is 33.7 Å². The van der Waals surface area contributed by atoms with Crippen molar-refractivity contribution in [2.75, 3.05) is 18.4 Å². The molecule has 1 fully saturated rings. The molecule has 0 aliphatic carbocycles. The molecule has 0 spiro atoms. The van der Waals surface area contributed by atoms with E-state index in [1.807, 2.05) is 0 Å². The zero-order valence-electron chi connectivity index (χ0n) is 18.1. The molecule has 0 aromatic carbocycles. The van der Waals surface area contributed by atoms with Gasteiger partial charge in [-0.3, -0.25) is 9.59 Å². The topological polar surface area (TPSA) is 109 Å².